The quantitative estimate of drug-likeness (QED) is 0.275. The fourth-order valence-electron chi connectivity index (χ4n) is 6.45. The second-order valence-corrected chi connectivity index (χ2v) is 10.4. The molecule has 5 nitrogen and oxygen atoms in total. The summed E-state index contributed by atoms with van der Waals surface area (Å²) >= 11 is 6.00. The third-order valence-electron chi connectivity index (χ3n) is 8.18. The first-order valence-electron chi connectivity index (χ1n) is 12.1. The lowest BCUT2D eigenvalue weighted by atomic mass is 9.63. The van der Waals surface area contributed by atoms with E-state index in [0.29, 0.717) is 29.2 Å². The molecule has 1 heterocycles. The summed E-state index contributed by atoms with van der Waals surface area (Å²) in [4.78, 5) is 26.7. The number of allylic oxidation sites excluding steroid dienone is 2. The molecule has 0 spiro atoms. The molecule has 174 valence electrons. The largest absolute Gasteiger partial charge is 0.488 e. The smallest absolute Gasteiger partial charge is 0.254 e. The molecule has 4 aliphatic carbocycles. The summed E-state index contributed by atoms with van der Waals surface area (Å²) in [6.07, 6.45) is 7.10. The predicted octanol–water partition coefficient (Wildman–Crippen LogP) is 5.46. The molecule has 1 aliphatic heterocycles. The molecule has 2 bridgehead atoms. The van der Waals surface area contributed by atoms with E-state index >= 15 is 0 Å². The van der Waals surface area contributed by atoms with Gasteiger partial charge in [-0.3, -0.25) is 9.59 Å². The molecule has 3 fully saturated rings. The van der Waals surface area contributed by atoms with Crippen LogP contribution < -0.4 is 4.74 Å². The maximum Gasteiger partial charge on any atom is 0.254 e. The van der Waals surface area contributed by atoms with Gasteiger partial charge in [-0.25, -0.2) is 0 Å². The summed E-state index contributed by atoms with van der Waals surface area (Å²) in [6.45, 7) is 0.361. The lowest BCUT2D eigenvalue weighted by molar-refractivity contribution is -0.140. The third-order valence-corrected chi connectivity index (χ3v) is 8.43. The van der Waals surface area contributed by atoms with E-state index in [4.69, 9.17) is 16.3 Å². The lowest BCUT2D eigenvalue weighted by Gasteiger charge is -2.37. The number of carbonyl (C=O) groups is 2. The minimum atomic E-state index is -0.258. The standard InChI is InChI=1S/C29H23ClN2O3/c30-18-8-5-16(6-9-18)15-35-25-12-7-17-3-1-2-4-19(17)24(25)14-31-32-28(33)26-20-10-11-21(23-13-22(20)23)27(26)29(32)34/h1-12,14,20-23,26-27H,13,15H2/b31-14-/t20-,21-,22-,23+,26+,27+/m0/s1. The molecule has 2 saturated carbocycles. The van der Waals surface area contributed by atoms with Crippen molar-refractivity contribution >= 4 is 40.4 Å². The van der Waals surface area contributed by atoms with Crippen LogP contribution in [-0.4, -0.2) is 23.0 Å². The number of rotatable bonds is 5. The summed E-state index contributed by atoms with van der Waals surface area (Å²) in [7, 11) is 0. The average Bonchev–Trinajstić information content (AvgIpc) is 3.67. The molecule has 1 saturated heterocycles. The highest BCUT2D eigenvalue weighted by atomic mass is 35.5. The van der Waals surface area contributed by atoms with E-state index in [-0.39, 0.29) is 35.5 Å². The zero-order valence-electron chi connectivity index (χ0n) is 18.9. The van der Waals surface area contributed by atoms with E-state index in [1.807, 2.05) is 60.7 Å². The first-order chi connectivity index (χ1) is 17.1. The predicted molar refractivity (Wildman–Crippen MR) is 134 cm³/mol. The SMILES string of the molecule is O=C1[C@@H]2[C@H]3C=C[C@@H]([C@@H]4C[C@H]34)[C@H]2C(=O)N1/N=C\c1c(OCc2ccc(Cl)cc2)ccc2ccccc12. The van der Waals surface area contributed by atoms with E-state index in [1.54, 1.807) is 6.21 Å². The molecule has 8 rings (SSSR count). The van der Waals surface area contributed by atoms with E-state index < -0.39 is 0 Å². The molecule has 35 heavy (non-hydrogen) atoms. The lowest BCUT2D eigenvalue weighted by Crippen LogP contribution is -2.40. The number of ether oxygens (including phenoxy) is 1. The molecule has 2 amide bonds. The van der Waals surface area contributed by atoms with Crippen LogP contribution in [-0.2, 0) is 16.2 Å². The number of imide groups is 1. The first kappa shape index (κ1) is 20.9. The van der Waals surface area contributed by atoms with Gasteiger partial charge < -0.3 is 4.74 Å². The van der Waals surface area contributed by atoms with Crippen LogP contribution in [0.25, 0.3) is 10.8 Å². The number of amides is 2. The molecule has 0 unspecified atom stereocenters. The van der Waals surface area contributed by atoms with Crippen LogP contribution in [0.3, 0.4) is 0 Å². The fourth-order valence-corrected chi connectivity index (χ4v) is 6.57. The number of halogens is 1. The molecule has 0 radical (unpaired) electrons. The van der Waals surface area contributed by atoms with Crippen molar-refractivity contribution in [2.45, 2.75) is 13.0 Å². The zero-order chi connectivity index (χ0) is 23.7. The van der Waals surface area contributed by atoms with Crippen LogP contribution >= 0.6 is 11.6 Å². The highest BCUT2D eigenvalue weighted by Gasteiger charge is 2.67. The fraction of sp³-hybridized carbons (Fsp3) is 0.276. The highest BCUT2D eigenvalue weighted by molar-refractivity contribution is 6.30. The average molecular weight is 483 g/mol. The van der Waals surface area contributed by atoms with Crippen LogP contribution in [0.5, 0.6) is 5.75 Å². The van der Waals surface area contributed by atoms with Crippen molar-refractivity contribution < 1.29 is 14.3 Å². The van der Waals surface area contributed by atoms with Crippen molar-refractivity contribution in [1.82, 2.24) is 5.01 Å². The minimum absolute atomic E-state index is 0.162. The number of hydrazone groups is 1. The van der Waals surface area contributed by atoms with Crippen molar-refractivity contribution in [3.8, 4) is 5.75 Å². The van der Waals surface area contributed by atoms with Gasteiger partial charge in [0.15, 0.2) is 0 Å². The Kier molecular flexibility index (Phi) is 4.65. The molecule has 0 aromatic heterocycles. The van der Waals surface area contributed by atoms with Gasteiger partial charge in [0.2, 0.25) is 0 Å². The van der Waals surface area contributed by atoms with Gasteiger partial charge >= 0.3 is 0 Å². The number of hydrogen-bond donors (Lipinski definition) is 0. The Labute approximate surface area is 208 Å². The molecule has 6 heteroatoms. The molecule has 5 aliphatic rings. The van der Waals surface area contributed by atoms with Gasteiger partial charge in [-0.05, 0) is 64.6 Å². The van der Waals surface area contributed by atoms with Crippen LogP contribution in [0.2, 0.25) is 5.02 Å². The van der Waals surface area contributed by atoms with Gasteiger partial charge in [-0.15, -0.1) is 0 Å². The Morgan fingerprint density at radius 2 is 1.60 bits per heavy atom. The van der Waals surface area contributed by atoms with E-state index in [9.17, 15) is 9.59 Å². The Morgan fingerprint density at radius 3 is 2.31 bits per heavy atom. The Hall–Kier alpha value is -3.44. The maximum atomic E-state index is 13.3. The number of carbonyl (C=O) groups excluding carboxylic acids is 2. The summed E-state index contributed by atoms with van der Waals surface area (Å²) in [5, 5.41) is 8.25. The number of hydrogen-bond acceptors (Lipinski definition) is 4. The Balaban J connectivity index is 1.21. The van der Waals surface area contributed by atoms with Gasteiger partial charge in [0.1, 0.15) is 12.4 Å². The van der Waals surface area contributed by atoms with Crippen LogP contribution in [0.4, 0.5) is 0 Å². The molecule has 6 atom stereocenters. The molecule has 0 N–H and O–H groups in total. The monoisotopic (exact) mass is 482 g/mol. The number of nitrogens with zero attached hydrogens (tertiary/aromatic N) is 2. The highest BCUT2D eigenvalue weighted by Crippen LogP contribution is 2.65. The van der Waals surface area contributed by atoms with Gasteiger partial charge in [0.05, 0.1) is 18.1 Å². The van der Waals surface area contributed by atoms with Crippen LogP contribution in [0.1, 0.15) is 17.5 Å². The molecule has 3 aromatic carbocycles. The Bertz CT molecular complexity index is 1390. The van der Waals surface area contributed by atoms with Crippen molar-refractivity contribution in [2.24, 2.45) is 40.6 Å². The third kappa shape index (κ3) is 3.25. The second kappa shape index (κ2) is 7.79. The number of fused-ring (bicyclic) bond motifs is 1. The van der Waals surface area contributed by atoms with Crippen molar-refractivity contribution in [2.75, 3.05) is 0 Å². The van der Waals surface area contributed by atoms with E-state index in [0.717, 1.165) is 33.3 Å². The van der Waals surface area contributed by atoms with Crippen molar-refractivity contribution in [1.29, 1.82) is 0 Å². The van der Waals surface area contributed by atoms with E-state index in [1.165, 1.54) is 0 Å². The van der Waals surface area contributed by atoms with Crippen molar-refractivity contribution in [3.63, 3.8) is 0 Å². The van der Waals surface area contributed by atoms with Gasteiger partial charge in [0, 0.05) is 10.6 Å². The second-order valence-electron chi connectivity index (χ2n) is 10.0. The van der Waals surface area contributed by atoms with Crippen LogP contribution in [0, 0.1) is 35.5 Å². The number of benzene rings is 3. The summed E-state index contributed by atoms with van der Waals surface area (Å²) < 4.78 is 6.17. The summed E-state index contributed by atoms with van der Waals surface area (Å²) in [5.74, 6) is 1.30. The maximum absolute atomic E-state index is 13.3. The summed E-state index contributed by atoms with van der Waals surface area (Å²) in [6, 6.07) is 19.4. The topological polar surface area (TPSA) is 59.0 Å². The Morgan fingerprint density at radius 1 is 0.914 bits per heavy atom. The first-order valence-corrected chi connectivity index (χ1v) is 12.5. The molecular weight excluding hydrogens is 460 g/mol. The molecular formula is C29H23ClN2O3. The van der Waals surface area contributed by atoms with Crippen molar-refractivity contribution in [3.05, 3.63) is 89.0 Å². The van der Waals surface area contributed by atoms with Crippen LogP contribution in [0.15, 0.2) is 77.9 Å². The summed E-state index contributed by atoms with van der Waals surface area (Å²) in [5.41, 5.74) is 1.73. The molecule has 3 aromatic rings. The van der Waals surface area contributed by atoms with E-state index in [2.05, 4.69) is 17.3 Å². The minimum Gasteiger partial charge on any atom is -0.488 e. The normalized spacial score (nSPS) is 30.3. The van der Waals surface area contributed by atoms with Gasteiger partial charge in [-0.1, -0.05) is 66.2 Å². The van der Waals surface area contributed by atoms with Gasteiger partial charge in [-0.2, -0.15) is 10.1 Å². The van der Waals surface area contributed by atoms with Gasteiger partial charge in [0.25, 0.3) is 11.8 Å². The zero-order valence-corrected chi connectivity index (χ0v) is 19.6.